The Hall–Kier alpha value is -2.56. The third kappa shape index (κ3) is 6.27. The van der Waals surface area contributed by atoms with E-state index in [0.29, 0.717) is 0 Å². The molecule has 2 N–H and O–H groups in total. The number of anilines is 1. The van der Waals surface area contributed by atoms with Crippen molar-refractivity contribution in [2.75, 3.05) is 18.5 Å². The van der Waals surface area contributed by atoms with Crippen LogP contribution in [-0.4, -0.2) is 38.4 Å². The maximum absolute atomic E-state index is 13.5. The van der Waals surface area contributed by atoms with Crippen LogP contribution in [0, 0.1) is 5.82 Å². The summed E-state index contributed by atoms with van der Waals surface area (Å²) in [6, 6.07) is 7.93. The number of pyridine rings is 1. The molecule has 0 atom stereocenters. The van der Waals surface area contributed by atoms with Gasteiger partial charge in [0, 0.05) is 12.7 Å². The van der Waals surface area contributed by atoms with Crippen molar-refractivity contribution >= 4 is 39.2 Å². The molecule has 1 aromatic carbocycles. The van der Waals surface area contributed by atoms with E-state index in [-0.39, 0.29) is 23.8 Å². The molecule has 8 nitrogen and oxygen atoms in total. The van der Waals surface area contributed by atoms with E-state index in [4.69, 9.17) is 16.3 Å². The molecule has 0 saturated heterocycles. The predicted molar refractivity (Wildman–Crippen MR) is 95.0 cm³/mol. The fraction of sp³-hybridized carbons (Fsp3) is 0.188. The highest BCUT2D eigenvalue weighted by atomic mass is 35.5. The second kappa shape index (κ2) is 9.40. The van der Waals surface area contributed by atoms with Crippen LogP contribution >= 0.6 is 11.6 Å². The molecule has 11 heteroatoms. The van der Waals surface area contributed by atoms with Gasteiger partial charge in [-0.25, -0.2) is 22.5 Å². The minimum atomic E-state index is -4.10. The summed E-state index contributed by atoms with van der Waals surface area (Å²) in [5.41, 5.74) is 0.262. The minimum absolute atomic E-state index is 0.0831. The average Bonchev–Trinajstić information content (AvgIpc) is 2.62. The number of nitrogens with zero attached hydrogens (tertiary/aromatic N) is 1. The predicted octanol–water partition coefficient (Wildman–Crippen LogP) is 1.72. The van der Waals surface area contributed by atoms with Crippen molar-refractivity contribution in [1.82, 2.24) is 9.71 Å². The van der Waals surface area contributed by atoms with Gasteiger partial charge in [0.15, 0.2) is 11.8 Å². The maximum atomic E-state index is 13.5. The Bertz CT molecular complexity index is 939. The number of sulfonamides is 1. The van der Waals surface area contributed by atoms with Crippen molar-refractivity contribution in [2.24, 2.45) is 0 Å². The molecule has 0 aliphatic heterocycles. The summed E-state index contributed by atoms with van der Waals surface area (Å²) in [6.07, 6.45) is 1.11. The molecule has 144 valence electrons. The summed E-state index contributed by atoms with van der Waals surface area (Å²) in [6.45, 7) is -0.893. The Kier molecular flexibility index (Phi) is 7.22. The summed E-state index contributed by atoms with van der Waals surface area (Å²) in [7, 11) is -4.10. The Labute approximate surface area is 159 Å². The third-order valence-corrected chi connectivity index (χ3v) is 4.94. The van der Waals surface area contributed by atoms with E-state index in [1.165, 1.54) is 24.4 Å². The second-order valence-corrected chi connectivity index (χ2v) is 7.22. The van der Waals surface area contributed by atoms with Gasteiger partial charge in [-0.05, 0) is 24.3 Å². The van der Waals surface area contributed by atoms with Gasteiger partial charge in [0.1, 0.15) is 10.7 Å². The lowest BCUT2D eigenvalue weighted by Gasteiger charge is -2.09. The van der Waals surface area contributed by atoms with Gasteiger partial charge in [-0.1, -0.05) is 23.7 Å². The molecule has 2 rings (SSSR count). The number of carbonyl (C=O) groups excluding carboxylic acids is 2. The molecule has 0 radical (unpaired) electrons. The smallest absolute Gasteiger partial charge is 0.307 e. The average molecular weight is 416 g/mol. The third-order valence-electron chi connectivity index (χ3n) is 3.14. The number of hydrogen-bond donors (Lipinski definition) is 2. The summed E-state index contributed by atoms with van der Waals surface area (Å²) in [4.78, 5) is 26.6. The molecular weight excluding hydrogens is 401 g/mol. The Balaban J connectivity index is 1.76. The number of amides is 1. The van der Waals surface area contributed by atoms with E-state index < -0.39 is 39.2 Å². The van der Waals surface area contributed by atoms with Crippen molar-refractivity contribution in [1.29, 1.82) is 0 Å². The number of carbonyl (C=O) groups is 2. The Morgan fingerprint density at radius 2 is 1.93 bits per heavy atom. The Morgan fingerprint density at radius 1 is 1.19 bits per heavy atom. The van der Waals surface area contributed by atoms with Crippen LogP contribution in [0.4, 0.5) is 10.1 Å². The van der Waals surface area contributed by atoms with Crippen LogP contribution in [0.5, 0.6) is 0 Å². The van der Waals surface area contributed by atoms with Gasteiger partial charge in [0.25, 0.3) is 5.91 Å². The molecule has 0 bridgehead atoms. The number of benzene rings is 1. The SMILES string of the molecule is O=C(COC(=O)CCNS(=O)(=O)c1ccccc1F)Nc1cccnc1Cl. The molecule has 1 aromatic heterocycles. The van der Waals surface area contributed by atoms with E-state index >= 15 is 0 Å². The maximum Gasteiger partial charge on any atom is 0.307 e. The highest BCUT2D eigenvalue weighted by Crippen LogP contribution is 2.17. The first-order chi connectivity index (χ1) is 12.8. The van der Waals surface area contributed by atoms with Gasteiger partial charge in [-0.3, -0.25) is 9.59 Å². The zero-order chi connectivity index (χ0) is 19.9. The van der Waals surface area contributed by atoms with E-state index in [2.05, 4.69) is 15.0 Å². The van der Waals surface area contributed by atoms with Crippen LogP contribution in [0.15, 0.2) is 47.5 Å². The number of esters is 1. The van der Waals surface area contributed by atoms with Crippen LogP contribution in [0.3, 0.4) is 0 Å². The number of aromatic nitrogens is 1. The van der Waals surface area contributed by atoms with Crippen molar-refractivity contribution in [3.8, 4) is 0 Å². The topological polar surface area (TPSA) is 114 Å². The molecule has 0 unspecified atom stereocenters. The molecule has 0 aliphatic carbocycles. The van der Waals surface area contributed by atoms with Gasteiger partial charge in [0.2, 0.25) is 10.0 Å². The molecule has 0 saturated carbocycles. The fourth-order valence-electron chi connectivity index (χ4n) is 1.91. The fourth-order valence-corrected chi connectivity index (χ4v) is 3.19. The van der Waals surface area contributed by atoms with Crippen LogP contribution in [-0.2, 0) is 24.3 Å². The zero-order valence-corrected chi connectivity index (χ0v) is 15.4. The van der Waals surface area contributed by atoms with Gasteiger partial charge in [-0.15, -0.1) is 0 Å². The molecule has 0 fully saturated rings. The van der Waals surface area contributed by atoms with Gasteiger partial charge >= 0.3 is 5.97 Å². The minimum Gasteiger partial charge on any atom is -0.456 e. The summed E-state index contributed by atoms with van der Waals surface area (Å²) in [5, 5.41) is 2.49. The Morgan fingerprint density at radius 3 is 2.63 bits per heavy atom. The standard InChI is InChI=1S/C16H15ClFN3O5S/c17-16-12(5-3-8-19-16)21-14(22)10-26-15(23)7-9-20-27(24,25)13-6-2-1-4-11(13)18/h1-6,8,20H,7,9-10H2,(H,21,22). The number of hydrogen-bond acceptors (Lipinski definition) is 6. The number of nitrogens with one attached hydrogen (secondary N) is 2. The van der Waals surface area contributed by atoms with E-state index in [0.717, 1.165) is 12.1 Å². The number of rotatable bonds is 8. The lowest BCUT2D eigenvalue weighted by atomic mass is 10.4. The van der Waals surface area contributed by atoms with E-state index in [9.17, 15) is 22.4 Å². The quantitative estimate of drug-likeness (QED) is 0.501. The molecule has 1 heterocycles. The van der Waals surface area contributed by atoms with Crippen molar-refractivity contribution in [2.45, 2.75) is 11.3 Å². The van der Waals surface area contributed by atoms with Gasteiger partial charge in [0.05, 0.1) is 12.1 Å². The molecular formula is C16H15ClFN3O5S. The van der Waals surface area contributed by atoms with Crippen LogP contribution in [0.1, 0.15) is 6.42 Å². The summed E-state index contributed by atoms with van der Waals surface area (Å²) < 4.78 is 44.2. The summed E-state index contributed by atoms with van der Waals surface area (Å²) in [5.74, 6) is -2.35. The van der Waals surface area contributed by atoms with Crippen molar-refractivity contribution in [3.63, 3.8) is 0 Å². The molecule has 27 heavy (non-hydrogen) atoms. The number of ether oxygens (including phenoxy) is 1. The second-order valence-electron chi connectivity index (χ2n) is 5.13. The zero-order valence-electron chi connectivity index (χ0n) is 13.8. The van der Waals surface area contributed by atoms with Crippen molar-refractivity contribution < 1.29 is 27.1 Å². The van der Waals surface area contributed by atoms with Gasteiger partial charge in [-0.2, -0.15) is 0 Å². The lowest BCUT2D eigenvalue weighted by molar-refractivity contribution is -0.147. The van der Waals surface area contributed by atoms with E-state index in [1.807, 2.05) is 0 Å². The first kappa shape index (κ1) is 20.7. The lowest BCUT2D eigenvalue weighted by Crippen LogP contribution is -2.28. The first-order valence-corrected chi connectivity index (χ1v) is 9.46. The highest BCUT2D eigenvalue weighted by molar-refractivity contribution is 7.89. The molecule has 2 aromatic rings. The largest absolute Gasteiger partial charge is 0.456 e. The molecule has 0 aliphatic rings. The molecule has 0 spiro atoms. The summed E-state index contributed by atoms with van der Waals surface area (Å²) >= 11 is 5.78. The number of halogens is 2. The van der Waals surface area contributed by atoms with Crippen LogP contribution < -0.4 is 10.0 Å². The highest BCUT2D eigenvalue weighted by Gasteiger charge is 2.18. The van der Waals surface area contributed by atoms with Crippen molar-refractivity contribution in [3.05, 3.63) is 53.6 Å². The van der Waals surface area contributed by atoms with Gasteiger partial charge < -0.3 is 10.1 Å². The van der Waals surface area contributed by atoms with Crippen LogP contribution in [0.2, 0.25) is 5.15 Å². The molecule has 1 amide bonds. The van der Waals surface area contributed by atoms with E-state index in [1.54, 1.807) is 6.07 Å². The monoisotopic (exact) mass is 415 g/mol. The normalized spacial score (nSPS) is 11.0. The first-order valence-electron chi connectivity index (χ1n) is 7.60. The van der Waals surface area contributed by atoms with Crippen LogP contribution in [0.25, 0.3) is 0 Å².